The summed E-state index contributed by atoms with van der Waals surface area (Å²) < 4.78 is 72.6. The molecule has 84 valence electrons. The topological polar surface area (TPSA) is 12.0 Å². The summed E-state index contributed by atoms with van der Waals surface area (Å²) in [6.07, 6.45) is -9.95. The van der Waals surface area contributed by atoms with Crippen molar-refractivity contribution in [3.63, 3.8) is 0 Å². The lowest BCUT2D eigenvalue weighted by molar-refractivity contribution is -0.217. The van der Waals surface area contributed by atoms with E-state index in [9.17, 15) is 26.3 Å². The van der Waals surface area contributed by atoms with Gasteiger partial charge in [0.1, 0.15) is 0 Å². The summed E-state index contributed by atoms with van der Waals surface area (Å²) in [7, 11) is 0. The minimum absolute atomic E-state index is 0.421. The highest BCUT2D eigenvalue weighted by molar-refractivity contribution is 4.83. The van der Waals surface area contributed by atoms with Crippen LogP contribution in [0.5, 0.6) is 0 Å². The van der Waals surface area contributed by atoms with E-state index in [0.29, 0.717) is 0 Å². The van der Waals surface area contributed by atoms with E-state index >= 15 is 0 Å². The number of nitrogens with one attached hydrogen (secondary N) is 1. The Labute approximate surface area is 76.5 Å². The average molecular weight is 221 g/mol. The number of piperidine rings is 1. The molecule has 2 unspecified atom stereocenters. The van der Waals surface area contributed by atoms with Gasteiger partial charge in [-0.25, -0.2) is 0 Å². The summed E-state index contributed by atoms with van der Waals surface area (Å²) in [5.41, 5.74) is 0. The molecule has 2 atom stereocenters. The van der Waals surface area contributed by atoms with Crippen LogP contribution < -0.4 is 5.32 Å². The molecule has 0 amide bonds. The van der Waals surface area contributed by atoms with Gasteiger partial charge in [-0.15, -0.1) is 0 Å². The van der Waals surface area contributed by atoms with Crippen LogP contribution in [0.1, 0.15) is 6.42 Å². The minimum Gasteiger partial charge on any atom is -0.316 e. The summed E-state index contributed by atoms with van der Waals surface area (Å²) in [4.78, 5) is 0. The van der Waals surface area contributed by atoms with Crippen LogP contribution in [0.25, 0.3) is 0 Å². The van der Waals surface area contributed by atoms with Gasteiger partial charge in [-0.2, -0.15) is 26.3 Å². The predicted octanol–water partition coefficient (Wildman–Crippen LogP) is 2.34. The average Bonchev–Trinajstić information content (AvgIpc) is 2.01. The van der Waals surface area contributed by atoms with E-state index in [1.165, 1.54) is 0 Å². The maximum absolute atomic E-state index is 12.1. The Hall–Kier alpha value is -0.460. The molecule has 1 rings (SSSR count). The van der Waals surface area contributed by atoms with E-state index in [-0.39, 0.29) is 0 Å². The molecule has 0 radical (unpaired) electrons. The van der Waals surface area contributed by atoms with Crippen LogP contribution in [0.4, 0.5) is 26.3 Å². The molecule has 1 fully saturated rings. The van der Waals surface area contributed by atoms with Crippen LogP contribution in [0.3, 0.4) is 0 Å². The van der Waals surface area contributed by atoms with Crippen molar-refractivity contribution in [3.8, 4) is 0 Å². The largest absolute Gasteiger partial charge is 0.393 e. The number of halogens is 6. The maximum Gasteiger partial charge on any atom is 0.393 e. The fourth-order valence-electron chi connectivity index (χ4n) is 1.44. The zero-order valence-corrected chi connectivity index (χ0v) is 7.04. The van der Waals surface area contributed by atoms with Gasteiger partial charge in [-0.05, 0) is 6.42 Å². The fourth-order valence-corrected chi connectivity index (χ4v) is 1.44. The zero-order valence-electron chi connectivity index (χ0n) is 7.04. The van der Waals surface area contributed by atoms with Crippen LogP contribution >= 0.6 is 0 Å². The zero-order chi connectivity index (χ0) is 11.0. The normalized spacial score (nSPS) is 30.4. The Bertz CT molecular complexity index is 175. The molecule has 0 saturated carbocycles. The second-order valence-corrected chi connectivity index (χ2v) is 3.37. The SMILES string of the molecule is FC(F)(F)C1CNCC(C(F)(F)F)C1. The first-order valence-corrected chi connectivity index (χ1v) is 4.05. The van der Waals surface area contributed by atoms with Crippen molar-refractivity contribution in [2.24, 2.45) is 11.8 Å². The molecule has 0 aliphatic carbocycles. The second kappa shape index (κ2) is 3.60. The van der Waals surface area contributed by atoms with Crippen molar-refractivity contribution in [2.75, 3.05) is 13.1 Å². The van der Waals surface area contributed by atoms with Crippen LogP contribution in [-0.4, -0.2) is 25.4 Å². The summed E-state index contributed by atoms with van der Waals surface area (Å²) in [5.74, 6) is -3.77. The summed E-state index contributed by atoms with van der Waals surface area (Å²) in [6, 6.07) is 0. The third kappa shape index (κ3) is 2.76. The highest BCUT2D eigenvalue weighted by atomic mass is 19.4. The first kappa shape index (κ1) is 11.6. The highest BCUT2D eigenvalue weighted by Crippen LogP contribution is 2.38. The molecule has 14 heavy (non-hydrogen) atoms. The van der Waals surface area contributed by atoms with Gasteiger partial charge in [-0.1, -0.05) is 0 Å². The second-order valence-electron chi connectivity index (χ2n) is 3.37. The number of alkyl halides is 6. The molecular formula is C7H9F6N. The standard InChI is InChI=1S/C7H9F6N/c8-6(9,10)4-1-5(3-14-2-4)7(11,12)13/h4-5,14H,1-3H2. The molecule has 1 aliphatic heterocycles. The van der Waals surface area contributed by atoms with Crippen molar-refractivity contribution >= 4 is 0 Å². The van der Waals surface area contributed by atoms with E-state index in [1.807, 2.05) is 0 Å². The highest BCUT2D eigenvalue weighted by Gasteiger charge is 2.49. The molecule has 1 aliphatic rings. The molecule has 0 aromatic rings. The summed E-state index contributed by atoms with van der Waals surface area (Å²) in [5, 5.41) is 2.16. The van der Waals surface area contributed by atoms with Crippen LogP contribution in [-0.2, 0) is 0 Å². The molecule has 1 nitrogen and oxygen atoms in total. The van der Waals surface area contributed by atoms with E-state index in [1.54, 1.807) is 0 Å². The van der Waals surface area contributed by atoms with Gasteiger partial charge in [-0.3, -0.25) is 0 Å². The van der Waals surface area contributed by atoms with E-state index in [4.69, 9.17) is 0 Å². The molecular weight excluding hydrogens is 212 g/mol. The molecule has 0 aromatic carbocycles. The van der Waals surface area contributed by atoms with Crippen molar-refractivity contribution < 1.29 is 26.3 Å². The van der Waals surface area contributed by atoms with Crippen LogP contribution in [0, 0.1) is 11.8 Å². The Kier molecular flexibility index (Phi) is 2.99. The third-order valence-electron chi connectivity index (χ3n) is 2.28. The predicted molar refractivity (Wildman–Crippen MR) is 36.6 cm³/mol. The molecule has 1 heterocycles. The maximum atomic E-state index is 12.1. The molecule has 7 heteroatoms. The van der Waals surface area contributed by atoms with E-state index in [0.717, 1.165) is 0 Å². The number of rotatable bonds is 0. The summed E-state index contributed by atoms with van der Waals surface area (Å²) in [6.45, 7) is -0.841. The Morgan fingerprint density at radius 2 is 1.14 bits per heavy atom. The molecule has 1 saturated heterocycles. The van der Waals surface area contributed by atoms with Gasteiger partial charge in [0.15, 0.2) is 0 Å². The van der Waals surface area contributed by atoms with Crippen LogP contribution in [0.15, 0.2) is 0 Å². The monoisotopic (exact) mass is 221 g/mol. The number of hydrogen-bond acceptors (Lipinski definition) is 1. The minimum atomic E-state index is -4.54. The van der Waals surface area contributed by atoms with Gasteiger partial charge >= 0.3 is 12.4 Å². The smallest absolute Gasteiger partial charge is 0.316 e. The fraction of sp³-hybridized carbons (Fsp3) is 1.00. The van der Waals surface area contributed by atoms with E-state index in [2.05, 4.69) is 5.32 Å². The van der Waals surface area contributed by atoms with Crippen LogP contribution in [0.2, 0.25) is 0 Å². The van der Waals surface area contributed by atoms with Gasteiger partial charge in [0.05, 0.1) is 11.8 Å². The molecule has 0 bridgehead atoms. The Balaban J connectivity index is 2.61. The quantitative estimate of drug-likeness (QED) is 0.619. The van der Waals surface area contributed by atoms with Crippen molar-refractivity contribution in [3.05, 3.63) is 0 Å². The first-order valence-electron chi connectivity index (χ1n) is 4.05. The lowest BCUT2D eigenvalue weighted by Crippen LogP contribution is -2.47. The van der Waals surface area contributed by atoms with E-state index < -0.39 is 43.7 Å². The summed E-state index contributed by atoms with van der Waals surface area (Å²) >= 11 is 0. The van der Waals surface area contributed by atoms with Crippen molar-refractivity contribution in [1.82, 2.24) is 5.32 Å². The Morgan fingerprint density at radius 3 is 1.43 bits per heavy atom. The lowest BCUT2D eigenvalue weighted by atomic mass is 9.90. The van der Waals surface area contributed by atoms with Gasteiger partial charge < -0.3 is 5.32 Å². The molecule has 0 aromatic heterocycles. The molecule has 1 N–H and O–H groups in total. The van der Waals surface area contributed by atoms with Gasteiger partial charge in [0.2, 0.25) is 0 Å². The number of hydrogen-bond donors (Lipinski definition) is 1. The van der Waals surface area contributed by atoms with Gasteiger partial charge in [0, 0.05) is 13.1 Å². The third-order valence-corrected chi connectivity index (χ3v) is 2.28. The lowest BCUT2D eigenvalue weighted by Gasteiger charge is -2.32. The van der Waals surface area contributed by atoms with Crippen molar-refractivity contribution in [1.29, 1.82) is 0 Å². The van der Waals surface area contributed by atoms with Gasteiger partial charge in [0.25, 0.3) is 0 Å². The first-order chi connectivity index (χ1) is 6.21. The molecule has 0 spiro atoms. The Morgan fingerprint density at radius 1 is 0.786 bits per heavy atom. The van der Waals surface area contributed by atoms with Crippen molar-refractivity contribution in [2.45, 2.75) is 18.8 Å².